The van der Waals surface area contributed by atoms with E-state index < -0.39 is 0 Å². The number of hydrogen-bond acceptors (Lipinski definition) is 4. The molecule has 1 aliphatic rings. The molecule has 0 unspecified atom stereocenters. The molecule has 1 atom stereocenters. The van der Waals surface area contributed by atoms with Crippen LogP contribution in [0.3, 0.4) is 0 Å². The number of nitrogens with one attached hydrogen (secondary N) is 2. The summed E-state index contributed by atoms with van der Waals surface area (Å²) in [6, 6.07) is 8.29. The van der Waals surface area contributed by atoms with Gasteiger partial charge in [0.2, 0.25) is 5.91 Å². The van der Waals surface area contributed by atoms with Gasteiger partial charge in [0.25, 0.3) is 0 Å². The Kier molecular flexibility index (Phi) is 4.93. The van der Waals surface area contributed by atoms with Gasteiger partial charge in [-0.2, -0.15) is 0 Å². The van der Waals surface area contributed by atoms with Crippen LogP contribution in [-0.2, 0) is 16.6 Å². The lowest BCUT2D eigenvalue weighted by Crippen LogP contribution is -2.43. The van der Waals surface area contributed by atoms with E-state index in [2.05, 4.69) is 26.3 Å². The first-order chi connectivity index (χ1) is 11.1. The van der Waals surface area contributed by atoms with Gasteiger partial charge in [-0.3, -0.25) is 10.1 Å². The lowest BCUT2D eigenvalue weighted by atomic mass is 10.1. The van der Waals surface area contributed by atoms with Gasteiger partial charge in [0.15, 0.2) is 0 Å². The van der Waals surface area contributed by atoms with Crippen LogP contribution in [0.15, 0.2) is 24.3 Å². The van der Waals surface area contributed by atoms with Gasteiger partial charge < -0.3 is 14.6 Å². The maximum absolute atomic E-state index is 12.1. The number of carbonyl (C=O) groups excluding carboxylic acids is 1. The van der Waals surface area contributed by atoms with Crippen molar-refractivity contribution in [1.82, 2.24) is 20.2 Å². The quantitative estimate of drug-likeness (QED) is 0.877. The fraction of sp³-hybridized carbons (Fsp3) is 0.529. The average molecular weight is 316 g/mol. The molecule has 124 valence electrons. The lowest BCUT2D eigenvalue weighted by molar-refractivity contribution is -0.121. The third-order valence-corrected chi connectivity index (χ3v) is 4.36. The minimum atomic E-state index is 0.00726. The maximum Gasteiger partial charge on any atom is 0.234 e. The van der Waals surface area contributed by atoms with Gasteiger partial charge in [0.05, 0.1) is 23.6 Å². The summed E-state index contributed by atoms with van der Waals surface area (Å²) in [4.78, 5) is 16.7. The number of fused-ring (bicyclic) bond motifs is 1. The van der Waals surface area contributed by atoms with Gasteiger partial charge in [0, 0.05) is 26.3 Å². The Bertz CT molecular complexity index is 676. The molecule has 1 amide bonds. The molecule has 1 fully saturated rings. The Labute approximate surface area is 136 Å². The van der Waals surface area contributed by atoms with E-state index >= 15 is 0 Å². The Morgan fingerprint density at radius 2 is 2.13 bits per heavy atom. The first-order valence-corrected chi connectivity index (χ1v) is 8.17. The van der Waals surface area contributed by atoms with Crippen molar-refractivity contribution in [3.8, 4) is 0 Å². The van der Waals surface area contributed by atoms with Gasteiger partial charge in [-0.15, -0.1) is 0 Å². The highest BCUT2D eigenvalue weighted by Gasteiger charge is 2.18. The normalized spacial score (nSPS) is 17.3. The molecule has 1 aliphatic heterocycles. The summed E-state index contributed by atoms with van der Waals surface area (Å²) in [5.41, 5.74) is 2.08. The standard InChI is InChI=1S/C17H24N4O2/c1-12(17-20-14-5-3-4-6-15(14)21(17)2)18-11-16(22)19-13-7-9-23-10-8-13/h3-6,12-13,18H,7-11H2,1-2H3,(H,19,22)/t12-/m1/s1. The van der Waals surface area contributed by atoms with E-state index in [0.717, 1.165) is 42.9 Å². The average Bonchev–Trinajstić information content (AvgIpc) is 2.91. The van der Waals surface area contributed by atoms with Crippen molar-refractivity contribution < 1.29 is 9.53 Å². The number of ether oxygens (including phenoxy) is 1. The van der Waals surface area contributed by atoms with Crippen molar-refractivity contribution in [2.45, 2.75) is 31.8 Å². The topological polar surface area (TPSA) is 68.2 Å². The van der Waals surface area contributed by atoms with Crippen molar-refractivity contribution in [1.29, 1.82) is 0 Å². The van der Waals surface area contributed by atoms with E-state index in [1.807, 2.05) is 32.2 Å². The third-order valence-electron chi connectivity index (χ3n) is 4.36. The zero-order valence-corrected chi connectivity index (χ0v) is 13.7. The molecule has 23 heavy (non-hydrogen) atoms. The number of amides is 1. The molecule has 0 saturated carbocycles. The summed E-state index contributed by atoms with van der Waals surface area (Å²) in [5, 5.41) is 6.32. The van der Waals surface area contributed by atoms with Crippen LogP contribution in [0.25, 0.3) is 11.0 Å². The molecule has 6 nitrogen and oxygen atoms in total. The summed E-state index contributed by atoms with van der Waals surface area (Å²) in [6.45, 7) is 3.79. The Balaban J connectivity index is 1.56. The molecule has 2 aromatic rings. The largest absolute Gasteiger partial charge is 0.381 e. The number of aromatic nitrogens is 2. The van der Waals surface area contributed by atoms with E-state index in [1.54, 1.807) is 0 Å². The smallest absolute Gasteiger partial charge is 0.234 e. The fourth-order valence-electron chi connectivity index (χ4n) is 3.01. The summed E-state index contributed by atoms with van der Waals surface area (Å²) in [7, 11) is 2.00. The summed E-state index contributed by atoms with van der Waals surface area (Å²) in [5.74, 6) is 0.965. The van der Waals surface area contributed by atoms with Gasteiger partial charge in [0.1, 0.15) is 5.82 Å². The van der Waals surface area contributed by atoms with Crippen LogP contribution in [0.5, 0.6) is 0 Å². The maximum atomic E-state index is 12.1. The molecular weight excluding hydrogens is 292 g/mol. The Morgan fingerprint density at radius 1 is 1.39 bits per heavy atom. The molecule has 0 radical (unpaired) electrons. The van der Waals surface area contributed by atoms with Crippen LogP contribution in [-0.4, -0.2) is 41.3 Å². The SMILES string of the molecule is C[C@@H](NCC(=O)NC1CCOCC1)c1nc2ccccc2n1C. The zero-order valence-electron chi connectivity index (χ0n) is 13.7. The van der Waals surface area contributed by atoms with E-state index in [-0.39, 0.29) is 18.0 Å². The van der Waals surface area contributed by atoms with E-state index in [9.17, 15) is 4.79 Å². The number of para-hydroxylation sites is 2. The summed E-state index contributed by atoms with van der Waals surface area (Å²) >= 11 is 0. The van der Waals surface area contributed by atoms with Crippen molar-refractivity contribution in [2.75, 3.05) is 19.8 Å². The second kappa shape index (κ2) is 7.10. The predicted molar refractivity (Wildman–Crippen MR) is 89.1 cm³/mol. The molecule has 0 aliphatic carbocycles. The van der Waals surface area contributed by atoms with Crippen molar-refractivity contribution in [3.63, 3.8) is 0 Å². The van der Waals surface area contributed by atoms with Crippen LogP contribution in [0.4, 0.5) is 0 Å². The minimum Gasteiger partial charge on any atom is -0.381 e. The van der Waals surface area contributed by atoms with Crippen molar-refractivity contribution in [2.24, 2.45) is 7.05 Å². The zero-order chi connectivity index (χ0) is 16.2. The van der Waals surface area contributed by atoms with E-state index in [0.29, 0.717) is 6.54 Å². The van der Waals surface area contributed by atoms with Crippen LogP contribution < -0.4 is 10.6 Å². The Morgan fingerprint density at radius 3 is 2.87 bits per heavy atom. The monoisotopic (exact) mass is 316 g/mol. The van der Waals surface area contributed by atoms with Gasteiger partial charge >= 0.3 is 0 Å². The molecule has 0 bridgehead atoms. The molecule has 1 aromatic heterocycles. The minimum absolute atomic E-state index is 0.00726. The number of rotatable bonds is 5. The molecule has 1 aromatic carbocycles. The molecule has 1 saturated heterocycles. The van der Waals surface area contributed by atoms with Gasteiger partial charge in [-0.25, -0.2) is 4.98 Å². The number of benzene rings is 1. The number of imidazole rings is 1. The van der Waals surface area contributed by atoms with Crippen LogP contribution >= 0.6 is 0 Å². The third kappa shape index (κ3) is 3.71. The highest BCUT2D eigenvalue weighted by atomic mass is 16.5. The van der Waals surface area contributed by atoms with Crippen molar-refractivity contribution in [3.05, 3.63) is 30.1 Å². The van der Waals surface area contributed by atoms with E-state index in [1.165, 1.54) is 0 Å². The molecule has 2 N–H and O–H groups in total. The molecule has 3 rings (SSSR count). The molecule has 0 spiro atoms. The fourth-order valence-corrected chi connectivity index (χ4v) is 3.01. The van der Waals surface area contributed by atoms with Gasteiger partial charge in [-0.05, 0) is 31.9 Å². The number of carbonyl (C=O) groups is 1. The van der Waals surface area contributed by atoms with Crippen molar-refractivity contribution >= 4 is 16.9 Å². The second-order valence-corrected chi connectivity index (χ2v) is 6.07. The summed E-state index contributed by atoms with van der Waals surface area (Å²) < 4.78 is 7.37. The molecule has 2 heterocycles. The highest BCUT2D eigenvalue weighted by Crippen LogP contribution is 2.18. The predicted octanol–water partition coefficient (Wildman–Crippen LogP) is 1.52. The highest BCUT2D eigenvalue weighted by molar-refractivity contribution is 5.78. The number of nitrogens with zero attached hydrogens (tertiary/aromatic N) is 2. The van der Waals surface area contributed by atoms with Gasteiger partial charge in [-0.1, -0.05) is 12.1 Å². The molecular formula is C17H24N4O2. The summed E-state index contributed by atoms with van der Waals surface area (Å²) in [6.07, 6.45) is 1.79. The number of hydrogen-bond donors (Lipinski definition) is 2. The number of aryl methyl sites for hydroxylation is 1. The second-order valence-electron chi connectivity index (χ2n) is 6.07. The first-order valence-electron chi connectivity index (χ1n) is 8.17. The van der Waals surface area contributed by atoms with Crippen LogP contribution in [0.2, 0.25) is 0 Å². The lowest BCUT2D eigenvalue weighted by Gasteiger charge is -2.23. The van der Waals surface area contributed by atoms with Crippen LogP contribution in [0, 0.1) is 0 Å². The Hall–Kier alpha value is -1.92. The molecule has 6 heteroatoms. The first kappa shape index (κ1) is 16.0. The van der Waals surface area contributed by atoms with E-state index in [4.69, 9.17) is 4.74 Å². The van der Waals surface area contributed by atoms with Crippen LogP contribution in [0.1, 0.15) is 31.6 Å².